The van der Waals surface area contributed by atoms with Crippen molar-refractivity contribution in [2.75, 3.05) is 18.1 Å². The molecular weight excluding hydrogens is 401 g/mol. The van der Waals surface area contributed by atoms with Crippen LogP contribution in [0.5, 0.6) is 0 Å². The summed E-state index contributed by atoms with van der Waals surface area (Å²) in [5, 5.41) is 19.8. The number of oxime groups is 1. The molecule has 31 heavy (non-hydrogen) atoms. The van der Waals surface area contributed by atoms with Crippen LogP contribution in [0.25, 0.3) is 11.5 Å². The van der Waals surface area contributed by atoms with Crippen molar-refractivity contribution in [2.45, 2.75) is 50.9 Å². The number of benzene rings is 1. The minimum absolute atomic E-state index is 0.00701. The second-order valence-electron chi connectivity index (χ2n) is 7.67. The molecule has 0 aliphatic heterocycles. The topological polar surface area (TPSA) is 118 Å². The Bertz CT molecular complexity index is 939. The molecule has 1 aromatic carbocycles. The highest BCUT2D eigenvalue weighted by Gasteiger charge is 2.29. The first-order valence-electron chi connectivity index (χ1n) is 10.5. The first kappa shape index (κ1) is 22.5. The Morgan fingerprint density at radius 2 is 2.10 bits per heavy atom. The zero-order valence-electron chi connectivity index (χ0n) is 17.5. The fourth-order valence-corrected chi connectivity index (χ4v) is 3.22. The Kier molecular flexibility index (Phi) is 7.75. The number of halogens is 1. The highest BCUT2D eigenvalue weighted by atomic mass is 19.1. The Morgan fingerprint density at radius 1 is 1.29 bits per heavy atom. The molecule has 1 aliphatic carbocycles. The van der Waals surface area contributed by atoms with E-state index in [0.29, 0.717) is 42.8 Å². The van der Waals surface area contributed by atoms with Crippen molar-refractivity contribution >= 4 is 17.4 Å². The summed E-state index contributed by atoms with van der Waals surface area (Å²) in [7, 11) is 0. The predicted molar refractivity (Wildman–Crippen MR) is 116 cm³/mol. The number of amidine groups is 1. The van der Waals surface area contributed by atoms with Crippen LogP contribution in [0.3, 0.4) is 0 Å². The quantitative estimate of drug-likeness (QED) is 0.131. The number of hydrogen-bond donors (Lipinski definition) is 2. The molecule has 3 rings (SSSR count). The lowest BCUT2D eigenvalue weighted by molar-refractivity contribution is -0.115. The Balaban J connectivity index is 1.73. The van der Waals surface area contributed by atoms with Gasteiger partial charge >= 0.3 is 0 Å². The number of carbonyl (C=O) groups excluding carboxylic acids is 1. The van der Waals surface area contributed by atoms with E-state index < -0.39 is 6.67 Å². The van der Waals surface area contributed by atoms with E-state index in [4.69, 9.17) is 15.4 Å². The van der Waals surface area contributed by atoms with Gasteiger partial charge in [-0.05, 0) is 43.9 Å². The minimum atomic E-state index is -0.635. The third-order valence-electron chi connectivity index (χ3n) is 5.16. The fourth-order valence-electron chi connectivity index (χ4n) is 3.22. The summed E-state index contributed by atoms with van der Waals surface area (Å²) in [5.74, 6) is 1.29. The van der Waals surface area contributed by atoms with Crippen LogP contribution in [-0.2, 0) is 4.79 Å². The maximum atomic E-state index is 12.9. The summed E-state index contributed by atoms with van der Waals surface area (Å²) in [6.07, 6.45) is 4.82. The second-order valence-corrected chi connectivity index (χ2v) is 7.67. The molecule has 9 heteroatoms. The van der Waals surface area contributed by atoms with Crippen LogP contribution in [-0.4, -0.2) is 40.4 Å². The van der Waals surface area contributed by atoms with Gasteiger partial charge in [-0.3, -0.25) is 9.18 Å². The molecule has 1 heterocycles. The fraction of sp³-hybridized carbons (Fsp3) is 0.455. The van der Waals surface area contributed by atoms with Crippen LogP contribution in [0.2, 0.25) is 0 Å². The molecule has 1 saturated carbocycles. The average Bonchev–Trinajstić information content (AvgIpc) is 3.52. The standard InChI is InChI=1S/C22H28FN5O3/c1-15(11-12-23)22(29)28(13-4-2-3-8-19(24)27-30)18-7-5-6-17(14-18)21-26-25-20(31-21)16-9-10-16/h5-7,14,16,30H,1-4,8-13H2,(H2,24,27). The van der Waals surface area contributed by atoms with Gasteiger partial charge in [0, 0.05) is 42.1 Å². The Labute approximate surface area is 180 Å². The molecular formula is C22H28FN5O3. The number of anilines is 1. The lowest BCUT2D eigenvalue weighted by Crippen LogP contribution is -2.33. The summed E-state index contributed by atoms with van der Waals surface area (Å²) in [5.41, 5.74) is 7.09. The van der Waals surface area contributed by atoms with Crippen molar-refractivity contribution in [3.05, 3.63) is 42.3 Å². The van der Waals surface area contributed by atoms with E-state index in [1.54, 1.807) is 4.90 Å². The van der Waals surface area contributed by atoms with Crippen molar-refractivity contribution in [1.82, 2.24) is 10.2 Å². The molecule has 0 saturated heterocycles. The van der Waals surface area contributed by atoms with Gasteiger partial charge in [0.15, 0.2) is 0 Å². The molecule has 0 bridgehead atoms. The van der Waals surface area contributed by atoms with Crippen molar-refractivity contribution in [3.8, 4) is 11.5 Å². The second kappa shape index (κ2) is 10.7. The number of nitrogens with zero attached hydrogens (tertiary/aromatic N) is 4. The molecule has 166 valence electrons. The van der Waals surface area contributed by atoms with Gasteiger partial charge < -0.3 is 20.3 Å². The van der Waals surface area contributed by atoms with Gasteiger partial charge in [0.25, 0.3) is 5.91 Å². The lowest BCUT2D eigenvalue weighted by atomic mass is 10.1. The first-order valence-corrected chi connectivity index (χ1v) is 10.5. The van der Waals surface area contributed by atoms with Gasteiger partial charge in [0.1, 0.15) is 5.84 Å². The predicted octanol–water partition coefficient (Wildman–Crippen LogP) is 4.17. The molecule has 1 amide bonds. The van der Waals surface area contributed by atoms with E-state index in [-0.39, 0.29) is 23.7 Å². The highest BCUT2D eigenvalue weighted by molar-refractivity contribution is 6.05. The molecule has 0 atom stereocenters. The van der Waals surface area contributed by atoms with Gasteiger partial charge in [-0.1, -0.05) is 24.2 Å². The van der Waals surface area contributed by atoms with Crippen molar-refractivity contribution < 1.29 is 18.8 Å². The Hall–Kier alpha value is -3.23. The van der Waals surface area contributed by atoms with E-state index >= 15 is 0 Å². The number of aromatic nitrogens is 2. The maximum absolute atomic E-state index is 12.9. The average molecular weight is 429 g/mol. The Morgan fingerprint density at radius 3 is 2.81 bits per heavy atom. The first-order chi connectivity index (χ1) is 15.0. The SMILES string of the molecule is C=C(CCF)C(=O)N(CCCCC/C(N)=N/O)c1cccc(-c2nnc(C3CC3)o2)c1. The maximum Gasteiger partial charge on any atom is 0.253 e. The number of rotatable bonds is 12. The summed E-state index contributed by atoms with van der Waals surface area (Å²) in [6, 6.07) is 7.31. The summed E-state index contributed by atoms with van der Waals surface area (Å²) >= 11 is 0. The summed E-state index contributed by atoms with van der Waals surface area (Å²) in [6.45, 7) is 3.54. The molecule has 2 aromatic rings. The molecule has 0 unspecified atom stereocenters. The zero-order chi connectivity index (χ0) is 22.2. The van der Waals surface area contributed by atoms with E-state index in [0.717, 1.165) is 31.2 Å². The molecule has 1 aromatic heterocycles. The summed E-state index contributed by atoms with van der Waals surface area (Å²) < 4.78 is 18.6. The van der Waals surface area contributed by atoms with Gasteiger partial charge in [0.2, 0.25) is 11.8 Å². The van der Waals surface area contributed by atoms with Crippen molar-refractivity contribution in [1.29, 1.82) is 0 Å². The van der Waals surface area contributed by atoms with Crippen LogP contribution in [0, 0.1) is 0 Å². The largest absolute Gasteiger partial charge is 0.420 e. The van der Waals surface area contributed by atoms with Crippen LogP contribution < -0.4 is 10.6 Å². The van der Waals surface area contributed by atoms with E-state index in [1.165, 1.54) is 0 Å². The molecule has 1 fully saturated rings. The normalized spacial score (nSPS) is 13.9. The molecule has 1 aliphatic rings. The number of unbranched alkanes of at least 4 members (excludes halogenated alkanes) is 2. The van der Waals surface area contributed by atoms with Gasteiger partial charge in [-0.2, -0.15) is 0 Å². The van der Waals surface area contributed by atoms with Crippen LogP contribution in [0.15, 0.2) is 46.0 Å². The van der Waals surface area contributed by atoms with Crippen LogP contribution in [0.1, 0.15) is 56.8 Å². The number of amides is 1. The molecule has 3 N–H and O–H groups in total. The number of hydrogen-bond acceptors (Lipinski definition) is 6. The van der Waals surface area contributed by atoms with Gasteiger partial charge in [0.05, 0.1) is 6.67 Å². The van der Waals surface area contributed by atoms with Crippen LogP contribution >= 0.6 is 0 Å². The van der Waals surface area contributed by atoms with E-state index in [2.05, 4.69) is 21.9 Å². The molecule has 8 nitrogen and oxygen atoms in total. The number of alkyl halides is 1. The third kappa shape index (κ3) is 6.13. The number of carbonyl (C=O) groups is 1. The smallest absolute Gasteiger partial charge is 0.253 e. The summed E-state index contributed by atoms with van der Waals surface area (Å²) in [4.78, 5) is 14.5. The highest BCUT2D eigenvalue weighted by Crippen LogP contribution is 2.40. The van der Waals surface area contributed by atoms with E-state index in [1.807, 2.05) is 24.3 Å². The molecule has 0 radical (unpaired) electrons. The zero-order valence-corrected chi connectivity index (χ0v) is 17.5. The van der Waals surface area contributed by atoms with Crippen molar-refractivity contribution in [3.63, 3.8) is 0 Å². The van der Waals surface area contributed by atoms with Gasteiger partial charge in [-0.15, -0.1) is 10.2 Å². The molecule has 0 spiro atoms. The third-order valence-corrected chi connectivity index (χ3v) is 5.16. The van der Waals surface area contributed by atoms with Crippen molar-refractivity contribution in [2.24, 2.45) is 10.9 Å². The number of nitrogens with two attached hydrogens (primary N) is 1. The monoisotopic (exact) mass is 429 g/mol. The van der Waals surface area contributed by atoms with E-state index in [9.17, 15) is 9.18 Å². The van der Waals surface area contributed by atoms with Gasteiger partial charge in [-0.25, -0.2) is 0 Å². The lowest BCUT2D eigenvalue weighted by Gasteiger charge is -2.24. The minimum Gasteiger partial charge on any atom is -0.420 e. The van der Waals surface area contributed by atoms with Crippen LogP contribution in [0.4, 0.5) is 10.1 Å².